The second-order valence-electron chi connectivity index (χ2n) is 9.00. The number of rotatable bonds is 9. The Hall–Kier alpha value is -3.02. The molecule has 2 aromatic rings. The molecule has 32 heavy (non-hydrogen) atoms. The number of benzene rings is 2. The first kappa shape index (κ1) is 23.6. The fourth-order valence-corrected chi connectivity index (χ4v) is 4.17. The number of carbonyl (C=O) groups excluding carboxylic acids is 2. The molecular weight excluding hydrogens is 402 g/mol. The number of amides is 2. The number of aromatic hydroxyl groups is 1. The van der Waals surface area contributed by atoms with Gasteiger partial charge in [0.05, 0.1) is 6.54 Å². The van der Waals surface area contributed by atoms with Crippen molar-refractivity contribution in [1.82, 2.24) is 10.2 Å². The summed E-state index contributed by atoms with van der Waals surface area (Å²) < 4.78 is 0. The van der Waals surface area contributed by atoms with Gasteiger partial charge in [0.2, 0.25) is 11.8 Å². The lowest BCUT2D eigenvalue weighted by molar-refractivity contribution is -0.132. The van der Waals surface area contributed by atoms with E-state index in [1.54, 1.807) is 18.2 Å². The van der Waals surface area contributed by atoms with Crippen LogP contribution >= 0.6 is 0 Å². The predicted molar refractivity (Wildman–Crippen MR) is 128 cm³/mol. The molecular formula is C26H35N3O3. The molecule has 0 spiro atoms. The average Bonchev–Trinajstić information content (AvgIpc) is 2.78. The fourth-order valence-electron chi connectivity index (χ4n) is 4.17. The van der Waals surface area contributed by atoms with Crippen molar-refractivity contribution < 1.29 is 14.7 Å². The zero-order valence-corrected chi connectivity index (χ0v) is 19.2. The second-order valence-corrected chi connectivity index (χ2v) is 9.00. The van der Waals surface area contributed by atoms with Crippen LogP contribution in [0.5, 0.6) is 5.75 Å². The maximum atomic E-state index is 12.7. The smallest absolute Gasteiger partial charge is 0.239 e. The second kappa shape index (κ2) is 11.6. The number of piperidine rings is 1. The van der Waals surface area contributed by atoms with Crippen LogP contribution in [0.2, 0.25) is 0 Å². The van der Waals surface area contributed by atoms with Gasteiger partial charge in [0.1, 0.15) is 5.75 Å². The van der Waals surface area contributed by atoms with E-state index in [1.165, 1.54) is 5.56 Å². The van der Waals surface area contributed by atoms with Gasteiger partial charge in [0.15, 0.2) is 0 Å². The van der Waals surface area contributed by atoms with Crippen molar-refractivity contribution in [3.05, 3.63) is 60.2 Å². The maximum absolute atomic E-state index is 12.7. The first-order valence-electron chi connectivity index (χ1n) is 11.6. The van der Waals surface area contributed by atoms with Crippen molar-refractivity contribution in [2.24, 2.45) is 5.92 Å². The Kier molecular flexibility index (Phi) is 8.54. The van der Waals surface area contributed by atoms with Gasteiger partial charge in [0, 0.05) is 43.9 Å². The van der Waals surface area contributed by atoms with Crippen molar-refractivity contribution >= 4 is 17.5 Å². The largest absolute Gasteiger partial charge is 0.508 e. The molecule has 2 aromatic carbocycles. The minimum absolute atomic E-state index is 0.0251. The Morgan fingerprint density at radius 3 is 2.47 bits per heavy atom. The van der Waals surface area contributed by atoms with Crippen LogP contribution in [0.1, 0.15) is 38.7 Å². The zero-order valence-electron chi connectivity index (χ0n) is 19.2. The van der Waals surface area contributed by atoms with Crippen LogP contribution in [0.3, 0.4) is 0 Å². The van der Waals surface area contributed by atoms with E-state index in [1.807, 2.05) is 34.1 Å². The third-order valence-corrected chi connectivity index (χ3v) is 5.80. The molecule has 0 atom stereocenters. The highest BCUT2D eigenvalue weighted by Gasteiger charge is 2.24. The molecule has 0 aromatic heterocycles. The number of hydrogen-bond acceptors (Lipinski definition) is 4. The summed E-state index contributed by atoms with van der Waals surface area (Å²) in [5.41, 5.74) is 2.02. The van der Waals surface area contributed by atoms with Gasteiger partial charge in [-0.25, -0.2) is 0 Å². The monoisotopic (exact) mass is 437 g/mol. The molecule has 0 radical (unpaired) electrons. The summed E-state index contributed by atoms with van der Waals surface area (Å²) in [4.78, 5) is 29.2. The summed E-state index contributed by atoms with van der Waals surface area (Å²) in [6.07, 6.45) is 2.84. The predicted octanol–water partition coefficient (Wildman–Crippen LogP) is 3.59. The lowest BCUT2D eigenvalue weighted by Crippen LogP contribution is -2.49. The van der Waals surface area contributed by atoms with E-state index < -0.39 is 0 Å². The molecule has 172 valence electrons. The van der Waals surface area contributed by atoms with Crippen LogP contribution in [0, 0.1) is 5.92 Å². The van der Waals surface area contributed by atoms with Crippen molar-refractivity contribution in [3.63, 3.8) is 0 Å². The number of nitrogens with one attached hydrogen (secondary N) is 1. The quantitative estimate of drug-likeness (QED) is 0.629. The maximum Gasteiger partial charge on any atom is 0.239 e. The van der Waals surface area contributed by atoms with Crippen LogP contribution in [0.15, 0.2) is 54.6 Å². The van der Waals surface area contributed by atoms with Crippen LogP contribution in [-0.2, 0) is 16.0 Å². The number of anilines is 1. The highest BCUT2D eigenvalue weighted by molar-refractivity contribution is 5.82. The van der Waals surface area contributed by atoms with Gasteiger partial charge in [0.25, 0.3) is 0 Å². The Balaban J connectivity index is 1.45. The summed E-state index contributed by atoms with van der Waals surface area (Å²) in [5, 5.41) is 12.9. The molecule has 6 nitrogen and oxygen atoms in total. The Morgan fingerprint density at radius 2 is 1.81 bits per heavy atom. The third kappa shape index (κ3) is 7.29. The first-order valence-corrected chi connectivity index (χ1v) is 11.6. The highest BCUT2D eigenvalue weighted by atomic mass is 16.3. The van der Waals surface area contributed by atoms with E-state index in [0.717, 1.165) is 31.5 Å². The minimum Gasteiger partial charge on any atom is -0.508 e. The number of phenols is 1. The van der Waals surface area contributed by atoms with Gasteiger partial charge in [-0.2, -0.15) is 0 Å². The van der Waals surface area contributed by atoms with E-state index in [2.05, 4.69) is 31.3 Å². The van der Waals surface area contributed by atoms with Gasteiger partial charge in [-0.05, 0) is 42.9 Å². The van der Waals surface area contributed by atoms with E-state index in [4.69, 9.17) is 0 Å². The van der Waals surface area contributed by atoms with Crippen molar-refractivity contribution in [2.45, 2.75) is 45.6 Å². The first-order chi connectivity index (χ1) is 15.4. The van der Waals surface area contributed by atoms with Gasteiger partial charge in [-0.15, -0.1) is 0 Å². The van der Waals surface area contributed by atoms with Crippen LogP contribution in [0.25, 0.3) is 0 Å². The molecule has 2 N–H and O–H groups in total. The van der Waals surface area contributed by atoms with Crippen LogP contribution in [0.4, 0.5) is 5.69 Å². The number of likely N-dealkylation sites (tertiary alicyclic amines) is 1. The molecule has 6 heteroatoms. The number of phenolic OH excluding ortho intramolecular Hbond substituents is 1. The summed E-state index contributed by atoms with van der Waals surface area (Å²) >= 11 is 0. The highest BCUT2D eigenvalue weighted by Crippen LogP contribution is 2.21. The number of hydrogen-bond donors (Lipinski definition) is 2. The lowest BCUT2D eigenvalue weighted by Gasteiger charge is -2.33. The SMILES string of the molecule is CC(C)CN(CC(=O)NC1CCN(C(=O)CCc2ccccc2)CC1)c1cccc(O)c1. The fraction of sp³-hybridized carbons (Fsp3) is 0.462. The summed E-state index contributed by atoms with van der Waals surface area (Å²) in [6, 6.07) is 17.2. The normalized spacial score (nSPS) is 14.4. The molecule has 1 aliphatic rings. The van der Waals surface area contributed by atoms with E-state index in [9.17, 15) is 14.7 Å². The number of nitrogens with zero attached hydrogens (tertiary/aromatic N) is 2. The molecule has 2 amide bonds. The minimum atomic E-state index is -0.0251. The lowest BCUT2D eigenvalue weighted by atomic mass is 10.0. The summed E-state index contributed by atoms with van der Waals surface area (Å²) in [6.45, 7) is 6.56. The molecule has 3 rings (SSSR count). The molecule has 0 unspecified atom stereocenters. The molecule has 1 aliphatic heterocycles. The van der Waals surface area contributed by atoms with Crippen LogP contribution < -0.4 is 10.2 Å². The Morgan fingerprint density at radius 1 is 1.09 bits per heavy atom. The molecule has 1 fully saturated rings. The van der Waals surface area contributed by atoms with Gasteiger partial charge in [-0.1, -0.05) is 50.2 Å². The average molecular weight is 438 g/mol. The molecule has 1 heterocycles. The Bertz CT molecular complexity index is 877. The summed E-state index contributed by atoms with van der Waals surface area (Å²) in [7, 11) is 0. The zero-order chi connectivity index (χ0) is 22.9. The van der Waals surface area contributed by atoms with Crippen molar-refractivity contribution in [3.8, 4) is 5.75 Å². The number of carbonyl (C=O) groups is 2. The molecule has 0 saturated carbocycles. The van der Waals surface area contributed by atoms with Crippen molar-refractivity contribution in [2.75, 3.05) is 31.1 Å². The van der Waals surface area contributed by atoms with E-state index >= 15 is 0 Å². The van der Waals surface area contributed by atoms with E-state index in [0.29, 0.717) is 25.4 Å². The molecule has 0 bridgehead atoms. The number of aryl methyl sites for hydroxylation is 1. The van der Waals surface area contributed by atoms with Crippen molar-refractivity contribution in [1.29, 1.82) is 0 Å². The van der Waals surface area contributed by atoms with E-state index in [-0.39, 0.29) is 30.2 Å². The van der Waals surface area contributed by atoms with Gasteiger partial charge in [-0.3, -0.25) is 9.59 Å². The molecule has 1 saturated heterocycles. The molecule has 0 aliphatic carbocycles. The topological polar surface area (TPSA) is 72.9 Å². The summed E-state index contributed by atoms with van der Waals surface area (Å²) in [5.74, 6) is 0.740. The Labute approximate surface area is 191 Å². The van der Waals surface area contributed by atoms with Crippen LogP contribution in [-0.4, -0.2) is 54.0 Å². The van der Waals surface area contributed by atoms with Gasteiger partial charge >= 0.3 is 0 Å². The standard InChI is InChI=1S/C26H35N3O3/c1-20(2)18-29(23-9-6-10-24(30)17-23)19-25(31)27-22-13-15-28(16-14-22)26(32)12-11-21-7-4-3-5-8-21/h3-10,17,20,22,30H,11-16,18-19H2,1-2H3,(H,27,31). The van der Waals surface area contributed by atoms with Gasteiger partial charge < -0.3 is 20.2 Å². The third-order valence-electron chi connectivity index (χ3n) is 5.80.